The van der Waals surface area contributed by atoms with Gasteiger partial charge in [0.1, 0.15) is 5.02 Å². The average Bonchev–Trinajstić information content (AvgIpc) is 2.66. The number of anilines is 1. The Bertz CT molecular complexity index is 479. The second-order valence-corrected chi connectivity index (χ2v) is 5.95. The quantitative estimate of drug-likeness (QED) is 0.482. The van der Waals surface area contributed by atoms with E-state index in [-0.39, 0.29) is 10.7 Å². The highest BCUT2D eigenvalue weighted by Gasteiger charge is 2.19. The van der Waals surface area contributed by atoms with Gasteiger partial charge in [-0.3, -0.25) is 10.1 Å². The van der Waals surface area contributed by atoms with E-state index in [2.05, 4.69) is 12.2 Å². The third-order valence-electron chi connectivity index (χ3n) is 4.18. The van der Waals surface area contributed by atoms with Gasteiger partial charge in [-0.05, 0) is 37.3 Å². The van der Waals surface area contributed by atoms with Crippen LogP contribution < -0.4 is 5.32 Å². The van der Waals surface area contributed by atoms with Crippen LogP contribution in [-0.2, 0) is 0 Å². The molecule has 0 amide bonds. The van der Waals surface area contributed by atoms with E-state index in [1.807, 2.05) is 6.07 Å². The summed E-state index contributed by atoms with van der Waals surface area (Å²) < 4.78 is 0. The zero-order valence-electron chi connectivity index (χ0n) is 11.8. The fourth-order valence-electron chi connectivity index (χ4n) is 2.91. The summed E-state index contributed by atoms with van der Waals surface area (Å²) in [7, 11) is 0. The number of hydrogen-bond donors (Lipinski definition) is 1. The molecule has 2 rings (SSSR count). The third-order valence-corrected chi connectivity index (χ3v) is 4.50. The van der Waals surface area contributed by atoms with Crippen molar-refractivity contribution in [1.29, 1.82) is 0 Å². The minimum atomic E-state index is -0.437. The summed E-state index contributed by atoms with van der Waals surface area (Å²) in [4.78, 5) is 10.5. The van der Waals surface area contributed by atoms with E-state index in [0.29, 0.717) is 6.04 Å². The van der Waals surface area contributed by atoms with Gasteiger partial charge in [-0.15, -0.1) is 0 Å². The molecule has 1 saturated carbocycles. The lowest BCUT2D eigenvalue weighted by molar-refractivity contribution is -0.384. The highest BCUT2D eigenvalue weighted by Crippen LogP contribution is 2.30. The highest BCUT2D eigenvalue weighted by atomic mass is 35.5. The Morgan fingerprint density at radius 2 is 2.15 bits per heavy atom. The van der Waals surface area contributed by atoms with E-state index >= 15 is 0 Å². The smallest absolute Gasteiger partial charge is 0.289 e. The Kier molecular flexibility index (Phi) is 5.24. The summed E-state index contributed by atoms with van der Waals surface area (Å²) in [6.07, 6.45) is 7.28. The van der Waals surface area contributed by atoms with Crippen molar-refractivity contribution >= 4 is 23.0 Å². The number of nitro benzene ring substituents is 1. The summed E-state index contributed by atoms with van der Waals surface area (Å²) in [5.41, 5.74) is 0.762. The number of nitro groups is 1. The van der Waals surface area contributed by atoms with Crippen molar-refractivity contribution in [3.05, 3.63) is 33.3 Å². The van der Waals surface area contributed by atoms with Crippen LogP contribution in [0.4, 0.5) is 11.4 Å². The molecule has 5 heteroatoms. The standard InChI is InChI=1S/C15H21ClN2O2/c1-2-11-4-3-5-12(7-6-11)17-13-8-9-14(16)15(10-13)18(19)20/h8-12,17H,2-7H2,1H3. The van der Waals surface area contributed by atoms with E-state index in [0.717, 1.165) is 24.4 Å². The Morgan fingerprint density at radius 1 is 1.35 bits per heavy atom. The molecule has 0 radical (unpaired) electrons. The van der Waals surface area contributed by atoms with Crippen LogP contribution in [-0.4, -0.2) is 11.0 Å². The molecule has 0 aliphatic heterocycles. The van der Waals surface area contributed by atoms with E-state index in [1.165, 1.54) is 31.7 Å². The topological polar surface area (TPSA) is 55.2 Å². The first-order chi connectivity index (χ1) is 9.60. The van der Waals surface area contributed by atoms with Crippen molar-refractivity contribution in [2.24, 2.45) is 5.92 Å². The Labute approximate surface area is 124 Å². The predicted octanol–water partition coefficient (Wildman–Crippen LogP) is 5.02. The molecule has 0 saturated heterocycles. The Hall–Kier alpha value is -1.29. The molecule has 0 aromatic heterocycles. The fourth-order valence-corrected chi connectivity index (χ4v) is 3.10. The maximum atomic E-state index is 10.9. The molecular formula is C15H21ClN2O2. The minimum absolute atomic E-state index is 0.0308. The largest absolute Gasteiger partial charge is 0.382 e. The monoisotopic (exact) mass is 296 g/mol. The molecule has 0 bridgehead atoms. The van der Waals surface area contributed by atoms with Crippen LogP contribution in [0, 0.1) is 16.0 Å². The summed E-state index contributed by atoms with van der Waals surface area (Å²) >= 11 is 5.83. The molecule has 0 spiro atoms. The number of rotatable bonds is 4. The van der Waals surface area contributed by atoms with Crippen LogP contribution in [0.5, 0.6) is 0 Å². The first-order valence-electron chi connectivity index (χ1n) is 7.30. The van der Waals surface area contributed by atoms with Gasteiger partial charge in [0.2, 0.25) is 0 Å². The molecule has 2 unspecified atom stereocenters. The van der Waals surface area contributed by atoms with Gasteiger partial charge < -0.3 is 5.32 Å². The van der Waals surface area contributed by atoms with Crippen molar-refractivity contribution in [2.75, 3.05) is 5.32 Å². The van der Waals surface area contributed by atoms with Gasteiger partial charge >= 0.3 is 0 Å². The van der Waals surface area contributed by atoms with Gasteiger partial charge in [0.05, 0.1) is 4.92 Å². The molecule has 4 nitrogen and oxygen atoms in total. The second kappa shape index (κ2) is 6.93. The third kappa shape index (κ3) is 3.85. The van der Waals surface area contributed by atoms with E-state index in [4.69, 9.17) is 11.6 Å². The molecule has 1 aliphatic rings. The van der Waals surface area contributed by atoms with E-state index in [9.17, 15) is 10.1 Å². The summed E-state index contributed by atoms with van der Waals surface area (Å²) in [6.45, 7) is 2.25. The number of nitrogens with zero attached hydrogens (tertiary/aromatic N) is 1. The van der Waals surface area contributed by atoms with Crippen LogP contribution in [0.25, 0.3) is 0 Å². The molecule has 1 aliphatic carbocycles. The maximum Gasteiger partial charge on any atom is 0.289 e. The van der Waals surface area contributed by atoms with Crippen LogP contribution in [0.15, 0.2) is 18.2 Å². The van der Waals surface area contributed by atoms with Gasteiger partial charge in [-0.2, -0.15) is 0 Å². The van der Waals surface area contributed by atoms with Crippen molar-refractivity contribution in [1.82, 2.24) is 0 Å². The van der Waals surface area contributed by atoms with Crippen LogP contribution in [0.2, 0.25) is 5.02 Å². The normalized spacial score (nSPS) is 23.1. The number of halogens is 1. The average molecular weight is 297 g/mol. The molecule has 0 heterocycles. The lowest BCUT2D eigenvalue weighted by atomic mass is 9.98. The Morgan fingerprint density at radius 3 is 2.85 bits per heavy atom. The number of benzene rings is 1. The van der Waals surface area contributed by atoms with E-state index < -0.39 is 4.92 Å². The first kappa shape index (κ1) is 15.1. The summed E-state index contributed by atoms with van der Waals surface area (Å²) in [5, 5.41) is 14.5. The van der Waals surface area contributed by atoms with Crippen LogP contribution in [0.3, 0.4) is 0 Å². The number of hydrogen-bond acceptors (Lipinski definition) is 3. The van der Waals surface area contributed by atoms with Gasteiger partial charge in [0.15, 0.2) is 0 Å². The highest BCUT2D eigenvalue weighted by molar-refractivity contribution is 6.32. The zero-order valence-corrected chi connectivity index (χ0v) is 12.5. The molecule has 1 fully saturated rings. The predicted molar refractivity (Wildman–Crippen MR) is 82.4 cm³/mol. The second-order valence-electron chi connectivity index (χ2n) is 5.55. The van der Waals surface area contributed by atoms with E-state index in [1.54, 1.807) is 6.07 Å². The molecule has 1 aromatic carbocycles. The SMILES string of the molecule is CCC1CCCC(Nc2ccc(Cl)c([N+](=O)[O-])c2)CC1. The van der Waals surface area contributed by atoms with Crippen LogP contribution in [0.1, 0.15) is 45.4 Å². The summed E-state index contributed by atoms with van der Waals surface area (Å²) in [6, 6.07) is 5.35. The molecular weight excluding hydrogens is 276 g/mol. The van der Waals surface area contributed by atoms with Crippen LogP contribution >= 0.6 is 11.6 Å². The van der Waals surface area contributed by atoms with Crippen molar-refractivity contribution in [3.8, 4) is 0 Å². The molecule has 1 aromatic rings. The van der Waals surface area contributed by atoms with Crippen molar-refractivity contribution in [3.63, 3.8) is 0 Å². The molecule has 20 heavy (non-hydrogen) atoms. The molecule has 2 atom stereocenters. The van der Waals surface area contributed by atoms with Gasteiger partial charge in [-0.1, -0.05) is 37.8 Å². The fraction of sp³-hybridized carbons (Fsp3) is 0.600. The Balaban J connectivity index is 2.02. The first-order valence-corrected chi connectivity index (χ1v) is 7.68. The van der Waals surface area contributed by atoms with Gasteiger partial charge in [0.25, 0.3) is 5.69 Å². The number of nitrogens with one attached hydrogen (secondary N) is 1. The zero-order chi connectivity index (χ0) is 14.5. The van der Waals surface area contributed by atoms with Crippen molar-refractivity contribution in [2.45, 2.75) is 51.5 Å². The van der Waals surface area contributed by atoms with Gasteiger partial charge in [0, 0.05) is 17.8 Å². The summed E-state index contributed by atoms with van der Waals surface area (Å²) in [5.74, 6) is 0.835. The minimum Gasteiger partial charge on any atom is -0.382 e. The molecule has 110 valence electrons. The van der Waals surface area contributed by atoms with Gasteiger partial charge in [-0.25, -0.2) is 0 Å². The van der Waals surface area contributed by atoms with Crippen molar-refractivity contribution < 1.29 is 4.92 Å². The lowest BCUT2D eigenvalue weighted by Gasteiger charge is -2.18. The maximum absolute atomic E-state index is 10.9. The lowest BCUT2D eigenvalue weighted by Crippen LogP contribution is -2.18. The molecule has 1 N–H and O–H groups in total.